The first kappa shape index (κ1) is 11.1. The first-order valence-corrected chi connectivity index (χ1v) is 6.08. The first-order valence-electron chi connectivity index (χ1n) is 5.20. The molecule has 2 aromatic rings. The van der Waals surface area contributed by atoms with Crippen molar-refractivity contribution in [2.24, 2.45) is 0 Å². The summed E-state index contributed by atoms with van der Waals surface area (Å²) < 4.78 is 0. The van der Waals surface area contributed by atoms with Crippen LogP contribution in [0.15, 0.2) is 29.8 Å². The Hall–Kier alpha value is -1.39. The van der Waals surface area contributed by atoms with E-state index in [9.17, 15) is 0 Å². The molecule has 0 bridgehead atoms. The third kappa shape index (κ3) is 2.81. The van der Waals surface area contributed by atoms with Gasteiger partial charge in [-0.15, -0.1) is 11.3 Å². The highest BCUT2D eigenvalue weighted by atomic mass is 32.1. The molecule has 0 fully saturated rings. The summed E-state index contributed by atoms with van der Waals surface area (Å²) in [4.78, 5) is 4.22. The van der Waals surface area contributed by atoms with Crippen LogP contribution in [-0.4, -0.2) is 4.98 Å². The van der Waals surface area contributed by atoms with Gasteiger partial charge in [-0.1, -0.05) is 12.1 Å². The maximum absolute atomic E-state index is 5.77. The van der Waals surface area contributed by atoms with Gasteiger partial charge in [0.25, 0.3) is 0 Å². The predicted molar refractivity (Wildman–Crippen MR) is 68.2 cm³/mol. The van der Waals surface area contributed by atoms with E-state index >= 15 is 0 Å². The molecule has 3 nitrogen and oxygen atoms in total. The molecule has 0 spiro atoms. The van der Waals surface area contributed by atoms with Crippen molar-refractivity contribution >= 4 is 17.0 Å². The molecule has 1 heterocycles. The number of hydrogen-bond acceptors (Lipinski definition) is 4. The van der Waals surface area contributed by atoms with Crippen LogP contribution < -0.4 is 11.1 Å². The van der Waals surface area contributed by atoms with Crippen LogP contribution >= 0.6 is 11.3 Å². The summed E-state index contributed by atoms with van der Waals surface area (Å²) in [7, 11) is 0. The predicted octanol–water partition coefficient (Wildman–Crippen LogP) is 2.32. The number of benzene rings is 1. The lowest BCUT2D eigenvalue weighted by molar-refractivity contribution is 0.689. The molecule has 2 rings (SSSR count). The fourth-order valence-corrected chi connectivity index (χ4v) is 2.09. The van der Waals surface area contributed by atoms with E-state index in [1.54, 1.807) is 11.3 Å². The highest BCUT2D eigenvalue weighted by molar-refractivity contribution is 7.09. The minimum absolute atomic E-state index is 0.821. The van der Waals surface area contributed by atoms with Gasteiger partial charge in [-0.05, 0) is 24.1 Å². The van der Waals surface area contributed by atoms with Gasteiger partial charge in [0.1, 0.15) is 5.01 Å². The summed E-state index contributed by atoms with van der Waals surface area (Å²) in [6.45, 7) is 3.70. The number of nitrogens with zero attached hydrogens (tertiary/aromatic N) is 1. The Morgan fingerprint density at radius 1 is 1.38 bits per heavy atom. The van der Waals surface area contributed by atoms with Crippen molar-refractivity contribution in [2.75, 3.05) is 5.73 Å². The van der Waals surface area contributed by atoms with Gasteiger partial charge in [-0.25, -0.2) is 4.98 Å². The molecule has 0 saturated carbocycles. The molecule has 4 heteroatoms. The number of nitrogens with one attached hydrogen (secondary N) is 1. The smallest absolute Gasteiger partial charge is 0.106 e. The molecule has 0 saturated heterocycles. The second kappa shape index (κ2) is 5.09. The Morgan fingerprint density at radius 2 is 2.25 bits per heavy atom. The van der Waals surface area contributed by atoms with E-state index in [2.05, 4.69) is 22.4 Å². The van der Waals surface area contributed by atoms with Gasteiger partial charge >= 0.3 is 0 Å². The lowest BCUT2D eigenvalue weighted by Gasteiger charge is -2.05. The zero-order valence-corrected chi connectivity index (χ0v) is 10.1. The van der Waals surface area contributed by atoms with Gasteiger partial charge in [0.2, 0.25) is 0 Å². The number of anilines is 1. The highest BCUT2D eigenvalue weighted by Gasteiger charge is 1.98. The molecule has 3 N–H and O–H groups in total. The van der Waals surface area contributed by atoms with Crippen LogP contribution in [0.2, 0.25) is 0 Å². The van der Waals surface area contributed by atoms with Gasteiger partial charge in [-0.2, -0.15) is 0 Å². The normalized spacial score (nSPS) is 10.6. The summed E-state index contributed by atoms with van der Waals surface area (Å²) in [6.07, 6.45) is 1.83. The molecule has 0 aliphatic rings. The number of aromatic nitrogens is 1. The van der Waals surface area contributed by atoms with Gasteiger partial charge in [0, 0.05) is 30.4 Å². The second-order valence-electron chi connectivity index (χ2n) is 3.72. The fraction of sp³-hybridized carbons (Fsp3) is 0.250. The minimum atomic E-state index is 0.821. The van der Waals surface area contributed by atoms with E-state index in [1.165, 1.54) is 5.56 Å². The quantitative estimate of drug-likeness (QED) is 0.797. The van der Waals surface area contributed by atoms with Gasteiger partial charge in [-0.3, -0.25) is 0 Å². The molecular weight excluding hydrogens is 218 g/mol. The van der Waals surface area contributed by atoms with E-state index in [4.69, 9.17) is 5.73 Å². The first-order chi connectivity index (χ1) is 7.75. The fourth-order valence-electron chi connectivity index (χ4n) is 1.50. The van der Waals surface area contributed by atoms with Gasteiger partial charge < -0.3 is 11.1 Å². The average Bonchev–Trinajstić information content (AvgIpc) is 2.76. The van der Waals surface area contributed by atoms with Gasteiger partial charge in [0.05, 0.1) is 0 Å². The number of thiazole rings is 1. The molecule has 1 aromatic carbocycles. The van der Waals surface area contributed by atoms with Crippen LogP contribution in [0.25, 0.3) is 0 Å². The van der Waals surface area contributed by atoms with Crippen LogP contribution in [0, 0.1) is 6.92 Å². The summed E-state index contributed by atoms with van der Waals surface area (Å²) in [5.41, 5.74) is 9.00. The van der Waals surface area contributed by atoms with Crippen molar-refractivity contribution in [1.82, 2.24) is 10.3 Å². The van der Waals surface area contributed by atoms with E-state index in [-0.39, 0.29) is 0 Å². The zero-order chi connectivity index (χ0) is 11.4. The van der Waals surface area contributed by atoms with E-state index in [0.29, 0.717) is 0 Å². The van der Waals surface area contributed by atoms with Crippen molar-refractivity contribution in [3.05, 3.63) is 45.9 Å². The largest absolute Gasteiger partial charge is 0.399 e. The van der Waals surface area contributed by atoms with Crippen LogP contribution in [-0.2, 0) is 13.1 Å². The monoisotopic (exact) mass is 233 g/mol. The number of nitrogen functional groups attached to an aromatic ring is 1. The summed E-state index contributed by atoms with van der Waals surface area (Å²) >= 11 is 1.67. The highest BCUT2D eigenvalue weighted by Crippen LogP contribution is 2.12. The van der Waals surface area contributed by atoms with Crippen LogP contribution in [0.5, 0.6) is 0 Å². The molecule has 1 aromatic heterocycles. The molecule has 0 amide bonds. The van der Waals surface area contributed by atoms with Gasteiger partial charge in [0.15, 0.2) is 0 Å². The van der Waals surface area contributed by atoms with E-state index in [0.717, 1.165) is 29.3 Å². The van der Waals surface area contributed by atoms with Crippen LogP contribution in [0.3, 0.4) is 0 Å². The molecule has 0 aliphatic carbocycles. The Labute approximate surface area is 99.3 Å². The standard InChI is InChI=1S/C12H15N3S/c1-9-6-10(2-3-11(9)13)7-14-8-12-15-4-5-16-12/h2-6,14H,7-8,13H2,1H3. The average molecular weight is 233 g/mol. The lowest BCUT2D eigenvalue weighted by Crippen LogP contribution is -2.12. The second-order valence-corrected chi connectivity index (χ2v) is 4.70. The van der Waals surface area contributed by atoms with Crippen molar-refractivity contribution < 1.29 is 0 Å². The van der Waals surface area contributed by atoms with Crippen molar-refractivity contribution in [3.63, 3.8) is 0 Å². The zero-order valence-electron chi connectivity index (χ0n) is 9.23. The summed E-state index contributed by atoms with van der Waals surface area (Å²) in [6, 6.07) is 6.12. The van der Waals surface area contributed by atoms with E-state index < -0.39 is 0 Å². The molecule has 84 valence electrons. The molecule has 16 heavy (non-hydrogen) atoms. The summed E-state index contributed by atoms with van der Waals surface area (Å²) in [5, 5.41) is 6.47. The maximum atomic E-state index is 5.77. The van der Waals surface area contributed by atoms with Crippen molar-refractivity contribution in [2.45, 2.75) is 20.0 Å². The SMILES string of the molecule is Cc1cc(CNCc2nccs2)ccc1N. The summed E-state index contributed by atoms with van der Waals surface area (Å²) in [5.74, 6) is 0. The lowest BCUT2D eigenvalue weighted by atomic mass is 10.1. The number of aryl methyl sites for hydroxylation is 1. The maximum Gasteiger partial charge on any atom is 0.106 e. The van der Waals surface area contributed by atoms with Crippen molar-refractivity contribution in [1.29, 1.82) is 0 Å². The number of rotatable bonds is 4. The Bertz CT molecular complexity index is 451. The van der Waals surface area contributed by atoms with E-state index in [1.807, 2.05) is 24.6 Å². The molecule has 0 aliphatic heterocycles. The topological polar surface area (TPSA) is 50.9 Å². The minimum Gasteiger partial charge on any atom is -0.399 e. The Kier molecular flexibility index (Phi) is 3.54. The van der Waals surface area contributed by atoms with Crippen LogP contribution in [0.1, 0.15) is 16.1 Å². The number of nitrogens with two attached hydrogens (primary N) is 1. The molecule has 0 unspecified atom stereocenters. The number of hydrogen-bond donors (Lipinski definition) is 2. The molecular formula is C12H15N3S. The Morgan fingerprint density at radius 3 is 2.94 bits per heavy atom. The third-order valence-electron chi connectivity index (χ3n) is 2.42. The molecule has 0 radical (unpaired) electrons. The van der Waals surface area contributed by atoms with Crippen molar-refractivity contribution in [3.8, 4) is 0 Å². The Balaban J connectivity index is 1.87. The van der Waals surface area contributed by atoms with Crippen LogP contribution in [0.4, 0.5) is 5.69 Å². The molecule has 0 atom stereocenters. The third-order valence-corrected chi connectivity index (χ3v) is 3.20.